The number of nitrogens with one attached hydrogen (secondary N) is 2. The summed E-state index contributed by atoms with van der Waals surface area (Å²) >= 11 is 0. The number of hydrogen-bond acceptors (Lipinski definition) is 3. The van der Waals surface area contributed by atoms with Crippen molar-refractivity contribution in [3.63, 3.8) is 0 Å². The van der Waals surface area contributed by atoms with Gasteiger partial charge >= 0.3 is 5.97 Å². The Morgan fingerprint density at radius 1 is 1.28 bits per heavy atom. The third-order valence-electron chi connectivity index (χ3n) is 3.87. The molecule has 1 saturated carbocycles. The summed E-state index contributed by atoms with van der Waals surface area (Å²) in [6.07, 6.45) is 6.02. The molecule has 1 aliphatic carbocycles. The lowest BCUT2D eigenvalue weighted by Gasteiger charge is -2.36. The summed E-state index contributed by atoms with van der Waals surface area (Å²) in [6, 6.07) is 0. The number of aliphatic carboxylic acids is 1. The zero-order chi connectivity index (χ0) is 13.6. The summed E-state index contributed by atoms with van der Waals surface area (Å²) in [7, 11) is 1.90. The molecule has 1 aliphatic rings. The van der Waals surface area contributed by atoms with Crippen LogP contribution in [0.1, 0.15) is 45.4 Å². The van der Waals surface area contributed by atoms with Crippen LogP contribution in [0.3, 0.4) is 0 Å². The highest BCUT2D eigenvalue weighted by atomic mass is 16.4. The van der Waals surface area contributed by atoms with Crippen molar-refractivity contribution in [3.8, 4) is 0 Å². The van der Waals surface area contributed by atoms with Crippen LogP contribution in [-0.4, -0.2) is 36.1 Å². The Hall–Kier alpha value is -1.10. The first-order valence-corrected chi connectivity index (χ1v) is 6.67. The molecule has 3 N–H and O–H groups in total. The number of carboxylic acids is 1. The molecule has 0 heterocycles. The first-order valence-electron chi connectivity index (χ1n) is 6.67. The molecule has 0 aromatic rings. The predicted molar refractivity (Wildman–Crippen MR) is 69.3 cm³/mol. The second kappa shape index (κ2) is 6.73. The molecule has 18 heavy (non-hydrogen) atoms. The molecular weight excluding hydrogens is 232 g/mol. The molecular formula is C13H24N2O3. The Morgan fingerprint density at radius 2 is 1.89 bits per heavy atom. The van der Waals surface area contributed by atoms with Gasteiger partial charge in [-0.2, -0.15) is 0 Å². The number of rotatable bonds is 6. The van der Waals surface area contributed by atoms with E-state index < -0.39 is 11.9 Å². The lowest BCUT2D eigenvalue weighted by molar-refractivity contribution is -0.141. The van der Waals surface area contributed by atoms with Gasteiger partial charge in [0, 0.05) is 18.5 Å². The maximum Gasteiger partial charge on any atom is 0.308 e. The van der Waals surface area contributed by atoms with Crippen LogP contribution in [0.25, 0.3) is 0 Å². The van der Waals surface area contributed by atoms with Gasteiger partial charge in [-0.3, -0.25) is 9.59 Å². The van der Waals surface area contributed by atoms with Crippen LogP contribution in [0.5, 0.6) is 0 Å². The van der Waals surface area contributed by atoms with Crippen LogP contribution in [0.4, 0.5) is 0 Å². The number of carbonyl (C=O) groups excluding carboxylic acids is 1. The van der Waals surface area contributed by atoms with E-state index in [-0.39, 0.29) is 18.0 Å². The van der Waals surface area contributed by atoms with E-state index >= 15 is 0 Å². The number of amides is 1. The fourth-order valence-electron chi connectivity index (χ4n) is 2.47. The zero-order valence-corrected chi connectivity index (χ0v) is 11.3. The molecule has 104 valence electrons. The second-order valence-corrected chi connectivity index (χ2v) is 5.31. The molecule has 0 saturated heterocycles. The fraction of sp³-hybridized carbons (Fsp3) is 0.846. The molecule has 0 radical (unpaired) electrons. The largest absolute Gasteiger partial charge is 0.481 e. The second-order valence-electron chi connectivity index (χ2n) is 5.31. The standard InChI is InChI=1S/C13H24N2O3/c1-10(12(17)18)9-15-11(16)8-13(14-2)6-4-3-5-7-13/h10,14H,3-9H2,1-2H3,(H,15,16)(H,17,18). The summed E-state index contributed by atoms with van der Waals surface area (Å²) in [5, 5.41) is 14.7. The van der Waals surface area contributed by atoms with Gasteiger partial charge in [0.25, 0.3) is 0 Å². The van der Waals surface area contributed by atoms with E-state index in [0.717, 1.165) is 25.7 Å². The van der Waals surface area contributed by atoms with Gasteiger partial charge in [-0.1, -0.05) is 26.2 Å². The summed E-state index contributed by atoms with van der Waals surface area (Å²) in [5.74, 6) is -1.47. The Labute approximate surface area is 108 Å². The molecule has 1 rings (SSSR count). The van der Waals surface area contributed by atoms with Crippen molar-refractivity contribution in [1.82, 2.24) is 10.6 Å². The third kappa shape index (κ3) is 4.29. The molecule has 0 aromatic heterocycles. The van der Waals surface area contributed by atoms with E-state index in [1.54, 1.807) is 6.92 Å². The topological polar surface area (TPSA) is 78.4 Å². The van der Waals surface area contributed by atoms with Crippen LogP contribution in [0.15, 0.2) is 0 Å². The molecule has 0 aromatic carbocycles. The van der Waals surface area contributed by atoms with Crippen LogP contribution in [0.2, 0.25) is 0 Å². The van der Waals surface area contributed by atoms with Gasteiger partial charge in [-0.05, 0) is 19.9 Å². The lowest BCUT2D eigenvalue weighted by Crippen LogP contribution is -2.48. The van der Waals surface area contributed by atoms with Gasteiger partial charge in [0.15, 0.2) is 0 Å². The minimum Gasteiger partial charge on any atom is -0.481 e. The van der Waals surface area contributed by atoms with Gasteiger partial charge in [-0.25, -0.2) is 0 Å². The van der Waals surface area contributed by atoms with Crippen LogP contribution in [-0.2, 0) is 9.59 Å². The molecule has 1 amide bonds. The Bertz CT molecular complexity index is 299. The number of carbonyl (C=O) groups is 2. The van der Waals surface area contributed by atoms with Crippen molar-refractivity contribution in [3.05, 3.63) is 0 Å². The van der Waals surface area contributed by atoms with Crippen molar-refractivity contribution in [2.45, 2.75) is 51.0 Å². The fourth-order valence-corrected chi connectivity index (χ4v) is 2.47. The number of hydrogen-bond donors (Lipinski definition) is 3. The average molecular weight is 256 g/mol. The van der Waals surface area contributed by atoms with Crippen molar-refractivity contribution < 1.29 is 14.7 Å². The minimum atomic E-state index is -0.878. The lowest BCUT2D eigenvalue weighted by atomic mass is 9.79. The van der Waals surface area contributed by atoms with E-state index in [1.807, 2.05) is 7.05 Å². The minimum absolute atomic E-state index is 0.0562. The highest BCUT2D eigenvalue weighted by Crippen LogP contribution is 2.30. The normalized spacial score (nSPS) is 20.1. The summed E-state index contributed by atoms with van der Waals surface area (Å²) in [4.78, 5) is 22.5. The first kappa shape index (κ1) is 15.0. The van der Waals surface area contributed by atoms with Crippen LogP contribution >= 0.6 is 0 Å². The molecule has 1 unspecified atom stereocenters. The van der Waals surface area contributed by atoms with Crippen LogP contribution < -0.4 is 10.6 Å². The highest BCUT2D eigenvalue weighted by molar-refractivity contribution is 5.78. The predicted octanol–water partition coefficient (Wildman–Crippen LogP) is 1.14. The monoisotopic (exact) mass is 256 g/mol. The Kier molecular flexibility index (Phi) is 5.59. The summed E-state index contributed by atoms with van der Waals surface area (Å²) in [5.41, 5.74) is -0.0885. The summed E-state index contributed by atoms with van der Waals surface area (Å²) < 4.78 is 0. The van der Waals surface area contributed by atoms with Crippen LogP contribution in [0, 0.1) is 5.92 Å². The maximum atomic E-state index is 11.9. The molecule has 1 atom stereocenters. The molecule has 5 heteroatoms. The highest BCUT2D eigenvalue weighted by Gasteiger charge is 2.32. The van der Waals surface area contributed by atoms with E-state index in [4.69, 9.17) is 5.11 Å². The molecule has 0 aliphatic heterocycles. The molecule has 0 bridgehead atoms. The maximum absolute atomic E-state index is 11.9. The van der Waals surface area contributed by atoms with Crippen molar-refractivity contribution in [1.29, 1.82) is 0 Å². The zero-order valence-electron chi connectivity index (χ0n) is 11.3. The number of carboxylic acid groups (broad SMARTS) is 1. The quantitative estimate of drug-likeness (QED) is 0.666. The smallest absolute Gasteiger partial charge is 0.308 e. The van der Waals surface area contributed by atoms with E-state index in [9.17, 15) is 9.59 Å². The van der Waals surface area contributed by atoms with E-state index in [2.05, 4.69) is 10.6 Å². The SMILES string of the molecule is CNC1(CC(=O)NCC(C)C(=O)O)CCCCC1. The van der Waals surface area contributed by atoms with Gasteiger partial charge in [0.05, 0.1) is 5.92 Å². The van der Waals surface area contributed by atoms with E-state index in [0.29, 0.717) is 6.42 Å². The summed E-state index contributed by atoms with van der Waals surface area (Å²) in [6.45, 7) is 1.80. The van der Waals surface area contributed by atoms with Gasteiger partial charge in [-0.15, -0.1) is 0 Å². The molecule has 5 nitrogen and oxygen atoms in total. The van der Waals surface area contributed by atoms with Gasteiger partial charge in [0.2, 0.25) is 5.91 Å². The Balaban J connectivity index is 2.40. The third-order valence-corrected chi connectivity index (χ3v) is 3.87. The van der Waals surface area contributed by atoms with Gasteiger partial charge < -0.3 is 15.7 Å². The molecule has 0 spiro atoms. The van der Waals surface area contributed by atoms with Crippen molar-refractivity contribution in [2.75, 3.05) is 13.6 Å². The van der Waals surface area contributed by atoms with Gasteiger partial charge in [0.1, 0.15) is 0 Å². The van der Waals surface area contributed by atoms with E-state index in [1.165, 1.54) is 6.42 Å². The van der Waals surface area contributed by atoms with Crippen molar-refractivity contribution >= 4 is 11.9 Å². The Morgan fingerprint density at radius 3 is 2.39 bits per heavy atom. The average Bonchev–Trinajstić information content (AvgIpc) is 2.36. The first-order chi connectivity index (χ1) is 8.49. The van der Waals surface area contributed by atoms with Crippen molar-refractivity contribution in [2.24, 2.45) is 5.92 Å². The molecule has 1 fully saturated rings.